The van der Waals surface area contributed by atoms with Crippen LogP contribution in [0.25, 0.3) is 22.1 Å². The third-order valence-electron chi connectivity index (χ3n) is 3.27. The van der Waals surface area contributed by atoms with Gasteiger partial charge in [0.15, 0.2) is 0 Å². The Balaban J connectivity index is 0.000000146. The molecule has 10 nitrogen and oxygen atoms in total. The van der Waals surface area contributed by atoms with Crippen LogP contribution in [-0.4, -0.2) is 29.8 Å². The highest BCUT2D eigenvalue weighted by molar-refractivity contribution is 14.1. The van der Waals surface area contributed by atoms with Crippen molar-refractivity contribution in [2.45, 2.75) is 0 Å². The van der Waals surface area contributed by atoms with Gasteiger partial charge in [-0.3, -0.25) is 20.2 Å². The summed E-state index contributed by atoms with van der Waals surface area (Å²) in [5, 5.41) is 22.3. The average Bonchev–Trinajstić information content (AvgIpc) is 3.21. The lowest BCUT2D eigenvalue weighted by Crippen LogP contribution is -1.88. The van der Waals surface area contributed by atoms with Gasteiger partial charge in [0.05, 0.1) is 9.85 Å². The number of nitrogens with zero attached hydrogens (tertiary/aromatic N) is 4. The van der Waals surface area contributed by atoms with E-state index in [1.165, 1.54) is 24.5 Å². The van der Waals surface area contributed by atoms with Crippen LogP contribution in [0.15, 0.2) is 43.0 Å². The van der Waals surface area contributed by atoms with Crippen LogP contribution in [0.1, 0.15) is 0 Å². The maximum absolute atomic E-state index is 10.4. The van der Waals surface area contributed by atoms with Gasteiger partial charge in [-0.05, 0) is 28.7 Å². The Morgan fingerprint density at radius 1 is 0.960 bits per heavy atom. The number of aromatic amines is 2. The summed E-state index contributed by atoms with van der Waals surface area (Å²) in [6.07, 6.45) is 5.94. The fraction of sp³-hybridized carbons (Fsp3) is 0. The van der Waals surface area contributed by atoms with Crippen LogP contribution in [0.3, 0.4) is 0 Å². The van der Waals surface area contributed by atoms with Crippen molar-refractivity contribution in [2.24, 2.45) is 0 Å². The van der Waals surface area contributed by atoms with Crippen molar-refractivity contribution in [1.82, 2.24) is 19.9 Å². The van der Waals surface area contributed by atoms with Crippen LogP contribution < -0.4 is 0 Å². The summed E-state index contributed by atoms with van der Waals surface area (Å²) in [6.45, 7) is 0. The fourth-order valence-corrected chi connectivity index (χ4v) is 2.66. The third kappa shape index (κ3) is 3.55. The predicted octanol–water partition coefficient (Wildman–Crippen LogP) is 3.55. The van der Waals surface area contributed by atoms with E-state index in [0.29, 0.717) is 11.3 Å². The predicted molar refractivity (Wildman–Crippen MR) is 98.2 cm³/mol. The van der Waals surface area contributed by atoms with E-state index in [4.69, 9.17) is 0 Å². The minimum Gasteiger partial charge on any atom is -0.346 e. The molecule has 4 heterocycles. The number of nitrogens with one attached hydrogen (secondary N) is 2. The van der Waals surface area contributed by atoms with Gasteiger partial charge in [0.1, 0.15) is 23.7 Å². The van der Waals surface area contributed by atoms with Crippen molar-refractivity contribution in [3.63, 3.8) is 0 Å². The second kappa shape index (κ2) is 6.80. The van der Waals surface area contributed by atoms with Crippen LogP contribution in [0.5, 0.6) is 0 Å². The number of nitro groups is 2. The van der Waals surface area contributed by atoms with E-state index in [-0.39, 0.29) is 11.4 Å². The molecule has 0 saturated heterocycles. The number of pyridine rings is 2. The molecule has 0 aliphatic rings. The molecule has 4 aromatic rings. The number of hydrogen-bond acceptors (Lipinski definition) is 6. The van der Waals surface area contributed by atoms with E-state index in [1.807, 2.05) is 0 Å². The lowest BCUT2D eigenvalue weighted by Gasteiger charge is -1.91. The Kier molecular flexibility index (Phi) is 4.56. The number of hydrogen-bond donors (Lipinski definition) is 2. The number of H-pyrrole nitrogens is 2. The van der Waals surface area contributed by atoms with Gasteiger partial charge in [-0.15, -0.1) is 0 Å². The normalized spacial score (nSPS) is 10.4. The Morgan fingerprint density at radius 3 is 2.28 bits per heavy atom. The topological polar surface area (TPSA) is 144 Å². The molecular weight excluding hydrogens is 443 g/mol. The first kappa shape index (κ1) is 16.8. The van der Waals surface area contributed by atoms with E-state index in [9.17, 15) is 20.2 Å². The van der Waals surface area contributed by atoms with Gasteiger partial charge < -0.3 is 9.97 Å². The van der Waals surface area contributed by atoms with Crippen molar-refractivity contribution in [2.75, 3.05) is 0 Å². The zero-order chi connectivity index (χ0) is 18.0. The fourth-order valence-electron chi connectivity index (χ4n) is 2.09. The summed E-state index contributed by atoms with van der Waals surface area (Å²) >= 11 is 2.10. The van der Waals surface area contributed by atoms with Gasteiger partial charge in [0.25, 0.3) is 11.4 Å². The zero-order valence-electron chi connectivity index (χ0n) is 12.3. The quantitative estimate of drug-likeness (QED) is 0.271. The van der Waals surface area contributed by atoms with E-state index in [0.717, 1.165) is 14.3 Å². The number of aromatic nitrogens is 4. The highest BCUT2D eigenvalue weighted by atomic mass is 127. The van der Waals surface area contributed by atoms with Crippen molar-refractivity contribution in [1.29, 1.82) is 0 Å². The zero-order valence-corrected chi connectivity index (χ0v) is 14.5. The molecule has 25 heavy (non-hydrogen) atoms. The van der Waals surface area contributed by atoms with Crippen molar-refractivity contribution < 1.29 is 9.85 Å². The third-order valence-corrected chi connectivity index (χ3v) is 4.17. The molecule has 0 unspecified atom stereocenters. The minimum atomic E-state index is -0.459. The molecule has 4 rings (SSSR count). The second-order valence-corrected chi connectivity index (χ2v) is 6.01. The molecule has 0 aliphatic heterocycles. The highest BCUT2D eigenvalue weighted by Crippen LogP contribution is 2.22. The first-order valence-electron chi connectivity index (χ1n) is 6.80. The van der Waals surface area contributed by atoms with Crippen molar-refractivity contribution >= 4 is 56.0 Å². The van der Waals surface area contributed by atoms with E-state index < -0.39 is 9.85 Å². The first-order chi connectivity index (χ1) is 12.0. The molecule has 0 fully saturated rings. The number of rotatable bonds is 2. The molecule has 0 spiro atoms. The SMILES string of the molecule is O=[N+]([O-])c1cnc2[nH]cc(I)c2c1.O=[N+]([O-])c1cnc2[nH]ccc2c1. The standard InChI is InChI=1S/C7H4IN3O2.C7H5N3O2/c8-6-3-10-7-5(6)1-4(2-9-7)11(12)13;11-10(12)6-3-5-1-2-8-7(5)9-4-6/h1-3H,(H,9,10);1-4H,(H,8,9). The van der Waals surface area contributed by atoms with Crippen LogP contribution in [0, 0.1) is 23.8 Å². The molecule has 0 saturated carbocycles. The van der Waals surface area contributed by atoms with Gasteiger partial charge in [-0.1, -0.05) is 0 Å². The minimum absolute atomic E-state index is 0.0158. The average molecular weight is 452 g/mol. The largest absolute Gasteiger partial charge is 0.346 e. The molecule has 0 atom stereocenters. The van der Waals surface area contributed by atoms with E-state index in [2.05, 4.69) is 42.5 Å². The number of fused-ring (bicyclic) bond motifs is 2. The highest BCUT2D eigenvalue weighted by Gasteiger charge is 2.09. The first-order valence-corrected chi connectivity index (χ1v) is 7.88. The second-order valence-electron chi connectivity index (χ2n) is 4.85. The summed E-state index contributed by atoms with van der Waals surface area (Å²) < 4.78 is 0.934. The molecule has 11 heteroatoms. The Bertz CT molecular complexity index is 1090. The maximum Gasteiger partial charge on any atom is 0.288 e. The number of halogens is 1. The lowest BCUT2D eigenvalue weighted by molar-refractivity contribution is -0.385. The molecule has 0 aliphatic carbocycles. The lowest BCUT2D eigenvalue weighted by atomic mass is 10.3. The Hall–Kier alpha value is -3.09. The smallest absolute Gasteiger partial charge is 0.288 e. The molecule has 0 bridgehead atoms. The molecule has 0 amide bonds. The van der Waals surface area contributed by atoms with Gasteiger partial charge in [0, 0.05) is 38.9 Å². The molecule has 126 valence electrons. The molecule has 2 N–H and O–H groups in total. The summed E-state index contributed by atoms with van der Waals surface area (Å²) in [5.74, 6) is 0. The van der Waals surface area contributed by atoms with Crippen molar-refractivity contribution in [3.8, 4) is 0 Å². The summed E-state index contributed by atoms with van der Waals surface area (Å²) in [7, 11) is 0. The maximum atomic E-state index is 10.4. The monoisotopic (exact) mass is 452 g/mol. The summed E-state index contributed by atoms with van der Waals surface area (Å²) in [6, 6.07) is 4.74. The molecule has 0 radical (unpaired) electrons. The van der Waals surface area contributed by atoms with Gasteiger partial charge in [-0.25, -0.2) is 9.97 Å². The molecule has 0 aromatic carbocycles. The Morgan fingerprint density at radius 2 is 1.60 bits per heavy atom. The molecule has 4 aromatic heterocycles. The van der Waals surface area contributed by atoms with E-state index >= 15 is 0 Å². The van der Waals surface area contributed by atoms with Gasteiger partial charge >= 0.3 is 0 Å². The van der Waals surface area contributed by atoms with Crippen LogP contribution in [-0.2, 0) is 0 Å². The van der Waals surface area contributed by atoms with Crippen LogP contribution in [0.4, 0.5) is 11.4 Å². The van der Waals surface area contributed by atoms with Gasteiger partial charge in [0.2, 0.25) is 0 Å². The van der Waals surface area contributed by atoms with Crippen molar-refractivity contribution in [3.05, 3.63) is 66.8 Å². The summed E-state index contributed by atoms with van der Waals surface area (Å²) in [4.78, 5) is 33.4. The molecular formula is C14H9IN6O4. The Labute approximate surface area is 152 Å². The van der Waals surface area contributed by atoms with Gasteiger partial charge in [-0.2, -0.15) is 0 Å². The van der Waals surface area contributed by atoms with Crippen LogP contribution >= 0.6 is 22.6 Å². The van der Waals surface area contributed by atoms with E-state index in [1.54, 1.807) is 18.5 Å². The summed E-state index contributed by atoms with van der Waals surface area (Å²) in [5.41, 5.74) is 1.38. The van der Waals surface area contributed by atoms with Crippen LogP contribution in [0.2, 0.25) is 0 Å².